The van der Waals surface area contributed by atoms with E-state index in [9.17, 15) is 23.9 Å². The van der Waals surface area contributed by atoms with E-state index in [-0.39, 0.29) is 31.0 Å². The van der Waals surface area contributed by atoms with Crippen molar-refractivity contribution in [3.8, 4) is 0 Å². The first-order valence-electron chi connectivity index (χ1n) is 9.46. The summed E-state index contributed by atoms with van der Waals surface area (Å²) in [5.41, 5.74) is -0.0171. The first-order valence-corrected chi connectivity index (χ1v) is 9.46. The smallest absolute Gasteiger partial charge is 0.331 e. The van der Waals surface area contributed by atoms with E-state index in [0.29, 0.717) is 5.56 Å². The SMILES string of the molecule is Cc1ccc([C@@H](O)Cn2nnc(Cn3cc(C(=O)NCCF)c(=O)n(C)c3=O)n2)cc1. The quantitative estimate of drug-likeness (QED) is 0.482. The van der Waals surface area contributed by atoms with Gasteiger partial charge in [-0.05, 0) is 17.7 Å². The van der Waals surface area contributed by atoms with Gasteiger partial charge in [-0.3, -0.25) is 18.7 Å². The molecule has 1 amide bonds. The van der Waals surface area contributed by atoms with E-state index in [1.165, 1.54) is 11.8 Å². The highest BCUT2D eigenvalue weighted by Gasteiger charge is 2.17. The van der Waals surface area contributed by atoms with Gasteiger partial charge in [-0.25, -0.2) is 9.18 Å². The zero-order valence-electron chi connectivity index (χ0n) is 17.0. The van der Waals surface area contributed by atoms with Gasteiger partial charge in [-0.1, -0.05) is 29.8 Å². The molecular formula is C19H22FN7O4. The summed E-state index contributed by atoms with van der Waals surface area (Å²) in [5.74, 6) is -0.642. The number of amides is 1. The first kappa shape index (κ1) is 22.0. The molecule has 2 aromatic heterocycles. The lowest BCUT2D eigenvalue weighted by atomic mass is 10.1. The number of aliphatic hydroxyl groups is 1. The third kappa shape index (κ3) is 5.09. The molecule has 3 rings (SSSR count). The van der Waals surface area contributed by atoms with Crippen molar-refractivity contribution < 1.29 is 14.3 Å². The van der Waals surface area contributed by atoms with Crippen LogP contribution in [-0.4, -0.2) is 53.6 Å². The van der Waals surface area contributed by atoms with E-state index in [1.54, 1.807) is 12.1 Å². The number of nitrogens with one attached hydrogen (secondary N) is 1. The van der Waals surface area contributed by atoms with Crippen molar-refractivity contribution >= 4 is 5.91 Å². The summed E-state index contributed by atoms with van der Waals surface area (Å²) in [7, 11) is 1.23. The highest BCUT2D eigenvalue weighted by Crippen LogP contribution is 2.14. The Morgan fingerprint density at radius 3 is 2.65 bits per heavy atom. The van der Waals surface area contributed by atoms with Crippen LogP contribution in [0.3, 0.4) is 0 Å². The van der Waals surface area contributed by atoms with E-state index in [4.69, 9.17) is 0 Å². The Kier molecular flexibility index (Phi) is 6.70. The minimum absolute atomic E-state index is 0.0507. The van der Waals surface area contributed by atoms with E-state index in [2.05, 4.69) is 20.7 Å². The Bertz CT molecular complexity index is 1180. The predicted molar refractivity (Wildman–Crippen MR) is 107 cm³/mol. The average molecular weight is 431 g/mol. The molecule has 31 heavy (non-hydrogen) atoms. The van der Waals surface area contributed by atoms with Crippen molar-refractivity contribution in [2.45, 2.75) is 26.1 Å². The molecule has 0 aliphatic rings. The third-order valence-electron chi connectivity index (χ3n) is 4.58. The number of carbonyl (C=O) groups excluding carboxylic acids is 1. The number of hydrogen-bond donors (Lipinski definition) is 2. The fraction of sp³-hybridized carbons (Fsp3) is 0.368. The van der Waals surface area contributed by atoms with Gasteiger partial charge >= 0.3 is 5.69 Å². The molecule has 1 atom stereocenters. The van der Waals surface area contributed by atoms with Gasteiger partial charge in [0.1, 0.15) is 18.3 Å². The fourth-order valence-electron chi connectivity index (χ4n) is 2.87. The molecule has 0 spiro atoms. The number of alkyl halides is 1. The van der Waals surface area contributed by atoms with E-state index >= 15 is 0 Å². The predicted octanol–water partition coefficient (Wildman–Crippen LogP) is -0.677. The van der Waals surface area contributed by atoms with Crippen LogP contribution in [0.4, 0.5) is 4.39 Å². The second kappa shape index (κ2) is 9.43. The zero-order chi connectivity index (χ0) is 22.5. The highest BCUT2D eigenvalue weighted by atomic mass is 19.1. The van der Waals surface area contributed by atoms with Gasteiger partial charge in [0.2, 0.25) is 0 Å². The van der Waals surface area contributed by atoms with Crippen LogP contribution in [0.15, 0.2) is 40.1 Å². The molecule has 11 nitrogen and oxygen atoms in total. The Morgan fingerprint density at radius 1 is 1.26 bits per heavy atom. The molecule has 0 fully saturated rings. The van der Waals surface area contributed by atoms with Crippen LogP contribution < -0.4 is 16.6 Å². The summed E-state index contributed by atoms with van der Waals surface area (Å²) in [6.45, 7) is 0.804. The van der Waals surface area contributed by atoms with Gasteiger partial charge in [0.15, 0.2) is 5.82 Å². The highest BCUT2D eigenvalue weighted by molar-refractivity contribution is 5.93. The Balaban J connectivity index is 1.78. The number of aromatic nitrogens is 6. The van der Waals surface area contributed by atoms with Crippen molar-refractivity contribution in [1.82, 2.24) is 34.7 Å². The summed E-state index contributed by atoms with van der Waals surface area (Å²) in [6, 6.07) is 7.37. The van der Waals surface area contributed by atoms with Crippen molar-refractivity contribution in [3.05, 3.63) is 73.8 Å². The first-order chi connectivity index (χ1) is 14.8. The largest absolute Gasteiger partial charge is 0.386 e. The van der Waals surface area contributed by atoms with E-state index in [1.807, 2.05) is 19.1 Å². The van der Waals surface area contributed by atoms with Gasteiger partial charge in [0.25, 0.3) is 11.5 Å². The maximum absolute atomic E-state index is 12.4. The zero-order valence-corrected chi connectivity index (χ0v) is 17.0. The van der Waals surface area contributed by atoms with Crippen LogP contribution in [0.25, 0.3) is 0 Å². The van der Waals surface area contributed by atoms with Crippen molar-refractivity contribution in [3.63, 3.8) is 0 Å². The number of aryl methyl sites for hydroxylation is 1. The van der Waals surface area contributed by atoms with Crippen molar-refractivity contribution in [1.29, 1.82) is 0 Å². The number of aliphatic hydroxyl groups excluding tert-OH is 1. The van der Waals surface area contributed by atoms with Crippen LogP contribution >= 0.6 is 0 Å². The molecule has 0 aliphatic heterocycles. The third-order valence-corrected chi connectivity index (χ3v) is 4.58. The van der Waals surface area contributed by atoms with Gasteiger partial charge in [0, 0.05) is 19.8 Å². The van der Waals surface area contributed by atoms with Gasteiger partial charge in [0.05, 0.1) is 13.1 Å². The Morgan fingerprint density at radius 2 is 1.97 bits per heavy atom. The topological polar surface area (TPSA) is 137 Å². The van der Waals surface area contributed by atoms with Gasteiger partial charge < -0.3 is 10.4 Å². The Hall–Kier alpha value is -3.67. The molecule has 0 saturated carbocycles. The molecule has 0 aliphatic carbocycles. The number of halogens is 1. The second-order valence-electron chi connectivity index (χ2n) is 6.95. The second-order valence-corrected chi connectivity index (χ2v) is 6.95. The molecule has 12 heteroatoms. The molecule has 0 radical (unpaired) electrons. The lowest BCUT2D eigenvalue weighted by molar-refractivity contribution is 0.0947. The molecule has 0 unspecified atom stereocenters. The molecule has 164 valence electrons. The Labute approximate surface area is 175 Å². The van der Waals surface area contributed by atoms with Crippen LogP contribution in [0, 0.1) is 6.92 Å². The molecule has 0 saturated heterocycles. The van der Waals surface area contributed by atoms with Crippen LogP contribution in [0.2, 0.25) is 0 Å². The number of rotatable bonds is 8. The molecule has 1 aromatic carbocycles. The number of hydrogen-bond acceptors (Lipinski definition) is 7. The minimum Gasteiger partial charge on any atom is -0.386 e. The van der Waals surface area contributed by atoms with Crippen molar-refractivity contribution in [2.75, 3.05) is 13.2 Å². The molecule has 0 bridgehead atoms. The van der Waals surface area contributed by atoms with Crippen LogP contribution in [0.5, 0.6) is 0 Å². The summed E-state index contributed by atoms with van der Waals surface area (Å²) in [4.78, 5) is 37.9. The van der Waals surface area contributed by atoms with Gasteiger partial charge in [-0.2, -0.15) is 4.80 Å². The van der Waals surface area contributed by atoms with E-state index in [0.717, 1.165) is 20.9 Å². The normalized spacial score (nSPS) is 12.0. The monoisotopic (exact) mass is 431 g/mol. The summed E-state index contributed by atoms with van der Waals surface area (Å²) >= 11 is 0. The summed E-state index contributed by atoms with van der Waals surface area (Å²) < 4.78 is 14.2. The van der Waals surface area contributed by atoms with Crippen LogP contribution in [0.1, 0.15) is 33.4 Å². The standard InChI is InChI=1S/C19H22FN7O4/c1-12-3-5-13(6-4-12)15(28)10-27-23-16(22-24-27)11-26-9-14(17(29)21-8-7-20)18(30)25(2)19(26)31/h3-6,9,15,28H,7-8,10-11H2,1-2H3,(H,21,29)/t15-/m0/s1. The lowest BCUT2D eigenvalue weighted by Gasteiger charge is -2.10. The molecule has 2 heterocycles. The summed E-state index contributed by atoms with van der Waals surface area (Å²) in [5, 5.41) is 24.5. The summed E-state index contributed by atoms with van der Waals surface area (Å²) in [6.07, 6.45) is 0.230. The molecule has 2 N–H and O–H groups in total. The minimum atomic E-state index is -0.853. The van der Waals surface area contributed by atoms with Crippen molar-refractivity contribution in [2.24, 2.45) is 7.05 Å². The number of benzene rings is 1. The maximum atomic E-state index is 12.4. The average Bonchev–Trinajstić information content (AvgIpc) is 3.19. The number of nitrogens with zero attached hydrogens (tertiary/aromatic N) is 6. The maximum Gasteiger partial charge on any atom is 0.331 e. The van der Waals surface area contributed by atoms with Crippen LogP contribution in [-0.2, 0) is 20.1 Å². The number of tetrazole rings is 1. The van der Waals surface area contributed by atoms with E-state index < -0.39 is 29.9 Å². The molecular weight excluding hydrogens is 409 g/mol. The molecule has 3 aromatic rings. The fourth-order valence-corrected chi connectivity index (χ4v) is 2.87. The number of carbonyl (C=O) groups is 1. The van der Waals surface area contributed by atoms with Gasteiger partial charge in [-0.15, -0.1) is 10.2 Å². The lowest BCUT2D eigenvalue weighted by Crippen LogP contribution is -2.43.